The number of carbonyl (C=O) groups excluding carboxylic acids is 3. The molecule has 0 spiro atoms. The Balaban J connectivity index is 1.67. The van der Waals surface area contributed by atoms with Gasteiger partial charge in [0.1, 0.15) is 11.1 Å². The van der Waals surface area contributed by atoms with E-state index in [1.807, 2.05) is 37.3 Å². The molecular formula is C26H22ClN3O5. The molecule has 0 N–H and O–H groups in total. The highest BCUT2D eigenvalue weighted by Gasteiger charge is 2.44. The molecule has 4 rings (SSSR count). The summed E-state index contributed by atoms with van der Waals surface area (Å²) in [6.45, 7) is 2.04. The lowest BCUT2D eigenvalue weighted by Crippen LogP contribution is -2.46. The molecule has 8 nitrogen and oxygen atoms in total. The summed E-state index contributed by atoms with van der Waals surface area (Å²) in [7, 11) is 0. The summed E-state index contributed by atoms with van der Waals surface area (Å²) < 4.78 is 0. The van der Waals surface area contributed by atoms with E-state index in [0.717, 1.165) is 22.1 Å². The fraction of sp³-hybridized carbons (Fsp3) is 0.192. The van der Waals surface area contributed by atoms with Crippen molar-refractivity contribution in [2.75, 3.05) is 11.4 Å². The maximum Gasteiger partial charge on any atom is 0.288 e. The first-order valence-electron chi connectivity index (χ1n) is 11.0. The van der Waals surface area contributed by atoms with Gasteiger partial charge in [0.15, 0.2) is 0 Å². The molecule has 0 saturated carbocycles. The topological polar surface area (TPSA) is 101 Å². The Hall–Kier alpha value is -4.04. The minimum atomic E-state index is -1.03. The number of halogens is 1. The Labute approximate surface area is 206 Å². The number of amides is 3. The van der Waals surface area contributed by atoms with Crippen LogP contribution in [0.25, 0.3) is 0 Å². The van der Waals surface area contributed by atoms with Gasteiger partial charge in [-0.2, -0.15) is 0 Å². The van der Waals surface area contributed by atoms with Gasteiger partial charge in [0.05, 0.1) is 17.0 Å². The van der Waals surface area contributed by atoms with E-state index in [-0.39, 0.29) is 23.6 Å². The highest BCUT2D eigenvalue weighted by molar-refractivity contribution is 6.32. The van der Waals surface area contributed by atoms with E-state index < -0.39 is 34.4 Å². The Morgan fingerprint density at radius 3 is 2.43 bits per heavy atom. The predicted molar refractivity (Wildman–Crippen MR) is 131 cm³/mol. The molecule has 1 aliphatic heterocycles. The van der Waals surface area contributed by atoms with E-state index in [2.05, 4.69) is 0 Å². The van der Waals surface area contributed by atoms with Crippen LogP contribution in [0.1, 0.15) is 27.9 Å². The molecule has 1 unspecified atom stereocenters. The van der Waals surface area contributed by atoms with Crippen LogP contribution in [0.4, 0.5) is 11.4 Å². The highest BCUT2D eigenvalue weighted by Crippen LogP contribution is 2.29. The molecule has 178 valence electrons. The summed E-state index contributed by atoms with van der Waals surface area (Å²) in [5.41, 5.74) is 1.97. The quantitative estimate of drug-likeness (QED) is 0.273. The molecule has 1 aliphatic rings. The van der Waals surface area contributed by atoms with Gasteiger partial charge < -0.3 is 4.90 Å². The van der Waals surface area contributed by atoms with Gasteiger partial charge in [-0.05, 0) is 43.2 Å². The minimum absolute atomic E-state index is 0.0168. The fourth-order valence-electron chi connectivity index (χ4n) is 4.07. The molecule has 1 saturated heterocycles. The average Bonchev–Trinajstić information content (AvgIpc) is 3.14. The summed E-state index contributed by atoms with van der Waals surface area (Å²) in [6, 6.07) is 19.1. The number of benzene rings is 3. The molecule has 3 amide bonds. The standard InChI is InChI=1S/C26H22ClN3O5/c1-17-7-10-20(11-8-17)29-24(31)16-23(26(29)33)28(14-13-18-5-3-2-4-6-18)25(32)19-9-12-21(27)22(15-19)30(34)35/h2-12,15,23H,13-14,16H2,1H3. The van der Waals surface area contributed by atoms with Crippen molar-refractivity contribution in [3.63, 3.8) is 0 Å². The summed E-state index contributed by atoms with van der Waals surface area (Å²) in [4.78, 5) is 52.9. The molecule has 0 aliphatic carbocycles. The lowest BCUT2D eigenvalue weighted by molar-refractivity contribution is -0.384. The van der Waals surface area contributed by atoms with Crippen LogP contribution in [0, 0.1) is 17.0 Å². The average molecular weight is 492 g/mol. The maximum atomic E-state index is 13.6. The first-order chi connectivity index (χ1) is 16.8. The first kappa shape index (κ1) is 24.1. The van der Waals surface area contributed by atoms with Gasteiger partial charge in [-0.3, -0.25) is 24.5 Å². The van der Waals surface area contributed by atoms with Crippen LogP contribution >= 0.6 is 11.6 Å². The van der Waals surface area contributed by atoms with Crippen molar-refractivity contribution in [3.05, 3.63) is 105 Å². The highest BCUT2D eigenvalue weighted by atomic mass is 35.5. The van der Waals surface area contributed by atoms with E-state index in [4.69, 9.17) is 11.6 Å². The molecule has 1 atom stereocenters. The van der Waals surface area contributed by atoms with Gasteiger partial charge in [0, 0.05) is 18.2 Å². The van der Waals surface area contributed by atoms with Gasteiger partial charge in [-0.15, -0.1) is 0 Å². The number of anilines is 1. The summed E-state index contributed by atoms with van der Waals surface area (Å²) in [6.07, 6.45) is 0.258. The Kier molecular flexibility index (Phi) is 6.93. The van der Waals surface area contributed by atoms with Crippen LogP contribution in [0.3, 0.4) is 0 Å². The normalized spacial score (nSPS) is 15.4. The number of carbonyl (C=O) groups is 3. The summed E-state index contributed by atoms with van der Waals surface area (Å²) >= 11 is 5.91. The van der Waals surface area contributed by atoms with Crippen molar-refractivity contribution in [2.45, 2.75) is 25.8 Å². The number of rotatable bonds is 7. The van der Waals surface area contributed by atoms with E-state index in [1.54, 1.807) is 24.3 Å². The lowest BCUT2D eigenvalue weighted by Gasteiger charge is -2.28. The van der Waals surface area contributed by atoms with E-state index in [0.29, 0.717) is 12.1 Å². The molecule has 1 fully saturated rings. The molecule has 3 aromatic rings. The number of nitro groups is 1. The monoisotopic (exact) mass is 491 g/mol. The number of hydrogen-bond acceptors (Lipinski definition) is 5. The Bertz CT molecular complexity index is 1290. The number of imide groups is 1. The molecule has 0 aromatic heterocycles. The number of aryl methyl sites for hydroxylation is 1. The molecule has 35 heavy (non-hydrogen) atoms. The van der Waals surface area contributed by atoms with Crippen molar-refractivity contribution >= 4 is 40.7 Å². The SMILES string of the molecule is Cc1ccc(N2C(=O)CC(N(CCc3ccccc3)C(=O)c3ccc(Cl)c([N+](=O)[O-])c3)C2=O)cc1. The number of nitro benzene ring substituents is 1. The maximum absolute atomic E-state index is 13.6. The van der Waals surface area contributed by atoms with Crippen LogP contribution in [0.5, 0.6) is 0 Å². The zero-order valence-electron chi connectivity index (χ0n) is 18.9. The fourth-order valence-corrected chi connectivity index (χ4v) is 4.26. The second kappa shape index (κ2) is 10.1. The van der Waals surface area contributed by atoms with Crippen molar-refractivity contribution in [3.8, 4) is 0 Å². The lowest BCUT2D eigenvalue weighted by atomic mass is 10.1. The second-order valence-corrected chi connectivity index (χ2v) is 8.69. The first-order valence-corrected chi connectivity index (χ1v) is 11.4. The largest absolute Gasteiger partial charge is 0.326 e. The summed E-state index contributed by atoms with van der Waals surface area (Å²) in [5.74, 6) is -1.51. The van der Waals surface area contributed by atoms with Gasteiger partial charge in [0.25, 0.3) is 17.5 Å². The van der Waals surface area contributed by atoms with Crippen LogP contribution in [0.2, 0.25) is 5.02 Å². The predicted octanol–water partition coefficient (Wildman–Crippen LogP) is 4.57. The zero-order chi connectivity index (χ0) is 25.1. The van der Waals surface area contributed by atoms with Crippen molar-refractivity contribution in [1.29, 1.82) is 0 Å². The van der Waals surface area contributed by atoms with E-state index in [9.17, 15) is 24.5 Å². The number of hydrogen-bond donors (Lipinski definition) is 0. The van der Waals surface area contributed by atoms with E-state index >= 15 is 0 Å². The van der Waals surface area contributed by atoms with Crippen LogP contribution in [-0.4, -0.2) is 40.1 Å². The summed E-state index contributed by atoms with van der Waals surface area (Å²) in [5, 5.41) is 11.2. The Morgan fingerprint density at radius 2 is 1.77 bits per heavy atom. The van der Waals surface area contributed by atoms with Gasteiger partial charge in [0.2, 0.25) is 5.91 Å². The van der Waals surface area contributed by atoms with Crippen LogP contribution in [0.15, 0.2) is 72.8 Å². The minimum Gasteiger partial charge on any atom is -0.326 e. The third kappa shape index (κ3) is 5.07. The van der Waals surface area contributed by atoms with E-state index in [1.165, 1.54) is 17.0 Å². The van der Waals surface area contributed by atoms with Crippen molar-refractivity contribution in [2.24, 2.45) is 0 Å². The van der Waals surface area contributed by atoms with Crippen molar-refractivity contribution in [1.82, 2.24) is 4.90 Å². The van der Waals surface area contributed by atoms with Crippen LogP contribution in [-0.2, 0) is 16.0 Å². The van der Waals surface area contributed by atoms with Crippen LogP contribution < -0.4 is 4.90 Å². The molecule has 1 heterocycles. The molecule has 9 heteroatoms. The molecular weight excluding hydrogens is 470 g/mol. The van der Waals surface area contributed by atoms with Gasteiger partial charge in [-0.25, -0.2) is 4.90 Å². The van der Waals surface area contributed by atoms with Gasteiger partial charge in [-0.1, -0.05) is 59.6 Å². The second-order valence-electron chi connectivity index (χ2n) is 8.28. The molecule has 3 aromatic carbocycles. The van der Waals surface area contributed by atoms with Crippen molar-refractivity contribution < 1.29 is 19.3 Å². The third-order valence-corrected chi connectivity index (χ3v) is 6.25. The number of nitrogens with zero attached hydrogens (tertiary/aromatic N) is 3. The van der Waals surface area contributed by atoms with Gasteiger partial charge >= 0.3 is 0 Å². The zero-order valence-corrected chi connectivity index (χ0v) is 19.6. The molecule has 0 radical (unpaired) electrons. The molecule has 0 bridgehead atoms. The smallest absolute Gasteiger partial charge is 0.288 e. The Morgan fingerprint density at radius 1 is 1.09 bits per heavy atom. The third-order valence-electron chi connectivity index (χ3n) is 5.93.